The van der Waals surface area contributed by atoms with Crippen LogP contribution in [0.3, 0.4) is 0 Å². The van der Waals surface area contributed by atoms with Crippen molar-refractivity contribution in [1.82, 2.24) is 9.97 Å². The van der Waals surface area contributed by atoms with Crippen molar-refractivity contribution in [3.05, 3.63) is 75.1 Å². The van der Waals surface area contributed by atoms with Gasteiger partial charge < -0.3 is 4.98 Å². The number of fused-ring (bicyclic) bond motifs is 2. The first-order valence-electron chi connectivity index (χ1n) is 7.17. The summed E-state index contributed by atoms with van der Waals surface area (Å²) in [5.41, 5.74) is 1.12. The molecule has 4 aromatic rings. The molecule has 108 valence electrons. The average Bonchev–Trinajstić information content (AvgIpc) is 2.89. The number of aryl methyl sites for hydroxylation is 1. The Hall–Kier alpha value is -2.46. The van der Waals surface area contributed by atoms with E-state index in [1.165, 1.54) is 16.3 Å². The Morgan fingerprint density at radius 3 is 2.82 bits per heavy atom. The molecule has 0 unspecified atom stereocenters. The first-order valence-corrected chi connectivity index (χ1v) is 7.98. The third-order valence-corrected chi connectivity index (χ3v) is 4.76. The molecule has 0 spiro atoms. The van der Waals surface area contributed by atoms with Crippen LogP contribution in [0, 0.1) is 6.92 Å². The molecule has 2 heterocycles. The van der Waals surface area contributed by atoms with Crippen LogP contribution in [0.5, 0.6) is 0 Å². The van der Waals surface area contributed by atoms with Gasteiger partial charge in [0.25, 0.3) is 5.56 Å². The standard InChI is InChI=1S/C18H14N2OS/c1-11-9-15-17(21)19-16(20-18(15)22-11)10-13-7-4-6-12-5-2-3-8-14(12)13/h2-9H,10H2,1H3,(H,19,20,21). The molecule has 0 saturated heterocycles. The topological polar surface area (TPSA) is 45.8 Å². The van der Waals surface area contributed by atoms with Crippen molar-refractivity contribution < 1.29 is 0 Å². The van der Waals surface area contributed by atoms with E-state index in [-0.39, 0.29) is 5.56 Å². The highest BCUT2D eigenvalue weighted by Crippen LogP contribution is 2.22. The van der Waals surface area contributed by atoms with Gasteiger partial charge in [0.1, 0.15) is 10.7 Å². The maximum absolute atomic E-state index is 12.2. The Kier molecular flexibility index (Phi) is 3.05. The van der Waals surface area contributed by atoms with Crippen molar-refractivity contribution in [3.63, 3.8) is 0 Å². The van der Waals surface area contributed by atoms with Crippen LogP contribution < -0.4 is 5.56 Å². The first-order chi connectivity index (χ1) is 10.7. The molecule has 2 aromatic carbocycles. The van der Waals surface area contributed by atoms with Crippen LogP contribution >= 0.6 is 11.3 Å². The van der Waals surface area contributed by atoms with Crippen LogP contribution in [0.15, 0.2) is 53.3 Å². The molecule has 4 rings (SSSR count). The van der Waals surface area contributed by atoms with Crippen molar-refractivity contribution in [2.45, 2.75) is 13.3 Å². The van der Waals surface area contributed by atoms with Gasteiger partial charge in [-0.2, -0.15) is 0 Å². The molecule has 0 fully saturated rings. The van der Waals surface area contributed by atoms with Gasteiger partial charge in [0.15, 0.2) is 0 Å². The molecule has 1 N–H and O–H groups in total. The lowest BCUT2D eigenvalue weighted by Gasteiger charge is -2.06. The molecule has 2 aromatic heterocycles. The predicted molar refractivity (Wildman–Crippen MR) is 91.7 cm³/mol. The lowest BCUT2D eigenvalue weighted by Crippen LogP contribution is -2.11. The zero-order chi connectivity index (χ0) is 15.1. The maximum atomic E-state index is 12.2. The maximum Gasteiger partial charge on any atom is 0.259 e. The third-order valence-electron chi connectivity index (χ3n) is 3.81. The quantitative estimate of drug-likeness (QED) is 0.607. The minimum absolute atomic E-state index is 0.0513. The second-order valence-electron chi connectivity index (χ2n) is 5.40. The summed E-state index contributed by atoms with van der Waals surface area (Å²) in [5, 5.41) is 3.09. The Labute approximate surface area is 131 Å². The molecule has 22 heavy (non-hydrogen) atoms. The summed E-state index contributed by atoms with van der Waals surface area (Å²) < 4.78 is 0. The molecule has 3 nitrogen and oxygen atoms in total. The van der Waals surface area contributed by atoms with Gasteiger partial charge in [-0.1, -0.05) is 42.5 Å². The van der Waals surface area contributed by atoms with E-state index in [1.54, 1.807) is 11.3 Å². The second kappa shape index (κ2) is 5.07. The molecule has 0 radical (unpaired) electrons. The molecule has 0 atom stereocenters. The fourth-order valence-corrected chi connectivity index (χ4v) is 3.71. The zero-order valence-corrected chi connectivity index (χ0v) is 12.9. The van der Waals surface area contributed by atoms with Crippen LogP contribution in [0.2, 0.25) is 0 Å². The van der Waals surface area contributed by atoms with E-state index < -0.39 is 0 Å². The van der Waals surface area contributed by atoms with E-state index >= 15 is 0 Å². The van der Waals surface area contributed by atoms with Crippen molar-refractivity contribution in [2.75, 3.05) is 0 Å². The molecule has 0 bridgehead atoms. The molecular weight excluding hydrogens is 292 g/mol. The van der Waals surface area contributed by atoms with Crippen LogP contribution in [0.4, 0.5) is 0 Å². The van der Waals surface area contributed by atoms with Crippen molar-refractivity contribution in [2.24, 2.45) is 0 Å². The van der Waals surface area contributed by atoms with Crippen LogP contribution in [-0.4, -0.2) is 9.97 Å². The minimum Gasteiger partial charge on any atom is -0.310 e. The van der Waals surface area contributed by atoms with Gasteiger partial charge in [0, 0.05) is 11.3 Å². The number of nitrogens with zero attached hydrogens (tertiary/aromatic N) is 1. The number of aromatic nitrogens is 2. The van der Waals surface area contributed by atoms with Gasteiger partial charge >= 0.3 is 0 Å². The van der Waals surface area contributed by atoms with E-state index in [9.17, 15) is 4.79 Å². The monoisotopic (exact) mass is 306 g/mol. The summed E-state index contributed by atoms with van der Waals surface area (Å²) >= 11 is 1.56. The molecule has 0 aliphatic carbocycles. The molecule has 0 aliphatic rings. The predicted octanol–water partition coefficient (Wildman–Crippen LogP) is 4.04. The van der Waals surface area contributed by atoms with Gasteiger partial charge in [0.2, 0.25) is 0 Å². The summed E-state index contributed by atoms with van der Waals surface area (Å²) in [5.74, 6) is 0.718. The molecular formula is C18H14N2OS. The van der Waals surface area contributed by atoms with Gasteiger partial charge in [-0.15, -0.1) is 11.3 Å². The normalized spacial score (nSPS) is 11.3. The SMILES string of the molecule is Cc1cc2c(=O)[nH]c(Cc3cccc4ccccc34)nc2s1. The summed E-state index contributed by atoms with van der Waals surface area (Å²) in [4.78, 5) is 21.6. The third kappa shape index (κ3) is 2.22. The highest BCUT2D eigenvalue weighted by Gasteiger charge is 2.09. The number of thiophene rings is 1. The number of H-pyrrole nitrogens is 1. The van der Waals surface area contributed by atoms with Crippen molar-refractivity contribution >= 4 is 32.3 Å². The summed E-state index contributed by atoms with van der Waals surface area (Å²) in [6, 6.07) is 16.4. The van der Waals surface area contributed by atoms with Gasteiger partial charge in [-0.05, 0) is 29.3 Å². The fraction of sp³-hybridized carbons (Fsp3) is 0.111. The van der Waals surface area contributed by atoms with E-state index in [4.69, 9.17) is 0 Å². The Balaban J connectivity index is 1.84. The number of nitrogens with one attached hydrogen (secondary N) is 1. The molecule has 4 heteroatoms. The molecule has 0 saturated carbocycles. The zero-order valence-electron chi connectivity index (χ0n) is 12.1. The number of hydrogen-bond acceptors (Lipinski definition) is 3. The summed E-state index contributed by atoms with van der Waals surface area (Å²) in [6.45, 7) is 2.00. The lowest BCUT2D eigenvalue weighted by molar-refractivity contribution is 0.983. The summed E-state index contributed by atoms with van der Waals surface area (Å²) in [7, 11) is 0. The van der Waals surface area contributed by atoms with Crippen molar-refractivity contribution in [1.29, 1.82) is 0 Å². The number of aromatic amines is 1. The summed E-state index contributed by atoms with van der Waals surface area (Å²) in [6.07, 6.45) is 0.628. The molecule has 0 amide bonds. The van der Waals surface area contributed by atoms with Gasteiger partial charge in [0.05, 0.1) is 5.39 Å². The van der Waals surface area contributed by atoms with E-state index in [1.807, 2.05) is 31.2 Å². The van der Waals surface area contributed by atoms with Gasteiger partial charge in [-0.3, -0.25) is 4.79 Å². The van der Waals surface area contributed by atoms with Crippen LogP contribution in [-0.2, 0) is 6.42 Å². The van der Waals surface area contributed by atoms with Crippen LogP contribution in [0.25, 0.3) is 21.0 Å². The van der Waals surface area contributed by atoms with Crippen molar-refractivity contribution in [3.8, 4) is 0 Å². The van der Waals surface area contributed by atoms with E-state index in [2.05, 4.69) is 34.2 Å². The number of rotatable bonds is 2. The Morgan fingerprint density at radius 1 is 1.09 bits per heavy atom. The van der Waals surface area contributed by atoms with E-state index in [0.29, 0.717) is 11.8 Å². The van der Waals surface area contributed by atoms with Gasteiger partial charge in [-0.25, -0.2) is 4.98 Å². The Morgan fingerprint density at radius 2 is 1.91 bits per heavy atom. The van der Waals surface area contributed by atoms with Crippen LogP contribution in [0.1, 0.15) is 16.3 Å². The smallest absolute Gasteiger partial charge is 0.259 e. The largest absolute Gasteiger partial charge is 0.310 e. The average molecular weight is 306 g/mol. The number of benzene rings is 2. The first kappa shape index (κ1) is 13.2. The number of hydrogen-bond donors (Lipinski definition) is 1. The lowest BCUT2D eigenvalue weighted by atomic mass is 10.0. The fourth-order valence-electron chi connectivity index (χ4n) is 2.81. The highest BCUT2D eigenvalue weighted by molar-refractivity contribution is 7.18. The van der Waals surface area contributed by atoms with E-state index in [0.717, 1.165) is 15.5 Å². The highest BCUT2D eigenvalue weighted by atomic mass is 32.1. The molecule has 0 aliphatic heterocycles. The minimum atomic E-state index is -0.0513. The second-order valence-corrected chi connectivity index (χ2v) is 6.64. The Bertz CT molecular complexity index is 1040.